The third-order valence-corrected chi connectivity index (χ3v) is 4.57. The Hall–Kier alpha value is -1.11. The molecule has 0 radical (unpaired) electrons. The van der Waals surface area contributed by atoms with E-state index in [1.807, 2.05) is 0 Å². The molecule has 1 unspecified atom stereocenters. The van der Waals surface area contributed by atoms with Crippen molar-refractivity contribution >= 4 is 27.6 Å². The molecule has 1 rings (SSSR count). The van der Waals surface area contributed by atoms with Gasteiger partial charge in [0.05, 0.1) is 10.8 Å². The van der Waals surface area contributed by atoms with Crippen molar-refractivity contribution in [3.63, 3.8) is 0 Å². The van der Waals surface area contributed by atoms with Crippen LogP contribution in [0.15, 0.2) is 23.1 Å². The lowest BCUT2D eigenvalue weighted by Gasteiger charge is -2.10. The van der Waals surface area contributed by atoms with Crippen molar-refractivity contribution in [3.05, 3.63) is 28.8 Å². The Labute approximate surface area is 117 Å². The van der Waals surface area contributed by atoms with Gasteiger partial charge in [0.2, 0.25) is 10.0 Å². The van der Waals surface area contributed by atoms with Gasteiger partial charge in [-0.1, -0.05) is 18.5 Å². The second kappa shape index (κ2) is 6.36. The Morgan fingerprint density at radius 1 is 1.47 bits per heavy atom. The Morgan fingerprint density at radius 3 is 2.63 bits per heavy atom. The fourth-order valence-corrected chi connectivity index (χ4v) is 3.02. The number of rotatable bonds is 6. The summed E-state index contributed by atoms with van der Waals surface area (Å²) in [5.41, 5.74) is 0.547. The highest BCUT2D eigenvalue weighted by molar-refractivity contribution is 7.89. The van der Waals surface area contributed by atoms with E-state index in [9.17, 15) is 13.2 Å². The molecule has 0 saturated heterocycles. The minimum Gasteiger partial charge on any atom is -0.481 e. The predicted molar refractivity (Wildman–Crippen MR) is 72.8 cm³/mol. The third kappa shape index (κ3) is 4.49. The first-order chi connectivity index (χ1) is 8.74. The quantitative estimate of drug-likeness (QED) is 0.842. The zero-order chi connectivity index (χ0) is 14.6. The van der Waals surface area contributed by atoms with E-state index in [1.165, 1.54) is 19.1 Å². The predicted octanol–water partition coefficient (Wildman–Crippen LogP) is 2.04. The van der Waals surface area contributed by atoms with Gasteiger partial charge in [-0.05, 0) is 37.1 Å². The molecule has 0 bridgehead atoms. The Morgan fingerprint density at radius 2 is 2.11 bits per heavy atom. The lowest BCUT2D eigenvalue weighted by molar-refractivity contribution is -0.141. The maximum absolute atomic E-state index is 12.0. The number of benzene rings is 1. The monoisotopic (exact) mass is 305 g/mol. The van der Waals surface area contributed by atoms with Crippen LogP contribution in [0, 0.1) is 12.8 Å². The smallest absolute Gasteiger partial charge is 0.306 e. The van der Waals surface area contributed by atoms with Crippen LogP contribution in [0.1, 0.15) is 18.9 Å². The Balaban J connectivity index is 2.74. The van der Waals surface area contributed by atoms with E-state index in [0.717, 1.165) is 0 Å². The molecule has 0 aliphatic rings. The second-order valence-electron chi connectivity index (χ2n) is 4.34. The summed E-state index contributed by atoms with van der Waals surface area (Å²) in [7, 11) is -3.63. The number of hydrogen-bond donors (Lipinski definition) is 2. The molecule has 0 amide bonds. The summed E-state index contributed by atoms with van der Waals surface area (Å²) in [5, 5.41) is 9.18. The number of hydrogen-bond acceptors (Lipinski definition) is 3. The van der Waals surface area contributed by atoms with Crippen LogP contribution in [0.25, 0.3) is 0 Å². The van der Waals surface area contributed by atoms with Crippen LogP contribution in [-0.2, 0) is 14.8 Å². The molecule has 5 nitrogen and oxygen atoms in total. The van der Waals surface area contributed by atoms with Gasteiger partial charge in [0.1, 0.15) is 0 Å². The van der Waals surface area contributed by atoms with Crippen LogP contribution in [-0.4, -0.2) is 26.0 Å². The molecule has 1 aromatic rings. The van der Waals surface area contributed by atoms with Crippen molar-refractivity contribution in [2.24, 2.45) is 5.92 Å². The molecular weight excluding hydrogens is 290 g/mol. The number of carboxylic acids is 1. The van der Waals surface area contributed by atoms with E-state index in [1.54, 1.807) is 13.0 Å². The standard InChI is InChI=1S/C12H16ClNO4S/c1-8(12(15)16)5-6-14-19(17,18)11-4-3-10(13)7-9(11)2/h3-4,7-8,14H,5-6H2,1-2H3,(H,15,16). The number of aryl methyl sites for hydroxylation is 1. The maximum Gasteiger partial charge on any atom is 0.306 e. The summed E-state index contributed by atoms with van der Waals surface area (Å²) in [6.45, 7) is 3.27. The van der Waals surface area contributed by atoms with Crippen LogP contribution in [0.4, 0.5) is 0 Å². The van der Waals surface area contributed by atoms with Gasteiger partial charge in [-0.25, -0.2) is 13.1 Å². The number of carboxylic acid groups (broad SMARTS) is 1. The summed E-state index contributed by atoms with van der Waals surface area (Å²) in [5.74, 6) is -1.53. The van der Waals surface area contributed by atoms with Crippen LogP contribution in [0.3, 0.4) is 0 Å². The van der Waals surface area contributed by atoms with E-state index in [2.05, 4.69) is 4.72 Å². The normalized spacial score (nSPS) is 13.2. The van der Waals surface area contributed by atoms with Crippen LogP contribution >= 0.6 is 11.6 Å². The first-order valence-electron chi connectivity index (χ1n) is 5.72. The molecule has 0 aliphatic heterocycles. The minimum atomic E-state index is -3.63. The van der Waals surface area contributed by atoms with Crippen molar-refractivity contribution in [1.82, 2.24) is 4.72 Å². The first kappa shape index (κ1) is 15.9. The SMILES string of the molecule is Cc1cc(Cl)ccc1S(=O)(=O)NCCC(C)C(=O)O. The molecule has 0 saturated carbocycles. The number of carbonyl (C=O) groups is 1. The van der Waals surface area contributed by atoms with Crippen molar-refractivity contribution in [2.45, 2.75) is 25.2 Å². The number of sulfonamides is 1. The van der Waals surface area contributed by atoms with Gasteiger partial charge >= 0.3 is 5.97 Å². The average Bonchev–Trinajstić information content (AvgIpc) is 2.27. The minimum absolute atomic E-state index is 0.0812. The van der Waals surface area contributed by atoms with Gasteiger partial charge in [0.15, 0.2) is 0 Å². The van der Waals surface area contributed by atoms with Crippen LogP contribution in [0.2, 0.25) is 5.02 Å². The average molecular weight is 306 g/mol. The fourth-order valence-electron chi connectivity index (χ4n) is 1.53. The van der Waals surface area contributed by atoms with E-state index in [4.69, 9.17) is 16.7 Å². The highest BCUT2D eigenvalue weighted by atomic mass is 35.5. The molecule has 106 valence electrons. The van der Waals surface area contributed by atoms with Crippen molar-refractivity contribution in [2.75, 3.05) is 6.54 Å². The van der Waals surface area contributed by atoms with Crippen molar-refractivity contribution in [3.8, 4) is 0 Å². The molecule has 2 N–H and O–H groups in total. The third-order valence-electron chi connectivity index (χ3n) is 2.72. The molecule has 19 heavy (non-hydrogen) atoms. The number of halogens is 1. The Bertz CT molecular complexity index is 571. The van der Waals surface area contributed by atoms with E-state index >= 15 is 0 Å². The topological polar surface area (TPSA) is 83.5 Å². The molecule has 1 aromatic carbocycles. The maximum atomic E-state index is 12.0. The van der Waals surface area contributed by atoms with Gasteiger partial charge in [0, 0.05) is 11.6 Å². The largest absolute Gasteiger partial charge is 0.481 e. The summed E-state index contributed by atoms with van der Waals surface area (Å²) < 4.78 is 26.4. The summed E-state index contributed by atoms with van der Waals surface area (Å²) >= 11 is 5.77. The lowest BCUT2D eigenvalue weighted by Crippen LogP contribution is -2.27. The lowest BCUT2D eigenvalue weighted by atomic mass is 10.1. The number of aliphatic carboxylic acids is 1. The zero-order valence-electron chi connectivity index (χ0n) is 10.7. The summed E-state index contributed by atoms with van der Waals surface area (Å²) in [6.07, 6.45) is 0.237. The van der Waals surface area contributed by atoms with Gasteiger partial charge in [-0.2, -0.15) is 0 Å². The second-order valence-corrected chi connectivity index (χ2v) is 6.51. The molecule has 0 aliphatic carbocycles. The summed E-state index contributed by atoms with van der Waals surface area (Å²) in [6, 6.07) is 4.50. The fraction of sp³-hybridized carbons (Fsp3) is 0.417. The van der Waals surface area contributed by atoms with E-state index in [0.29, 0.717) is 10.6 Å². The van der Waals surface area contributed by atoms with E-state index in [-0.39, 0.29) is 17.9 Å². The summed E-state index contributed by atoms with van der Waals surface area (Å²) in [4.78, 5) is 10.8. The number of nitrogens with one attached hydrogen (secondary N) is 1. The van der Waals surface area contributed by atoms with Crippen molar-refractivity contribution in [1.29, 1.82) is 0 Å². The molecule has 0 fully saturated rings. The molecular formula is C12H16ClNO4S. The van der Waals surface area contributed by atoms with Crippen LogP contribution < -0.4 is 4.72 Å². The Kier molecular flexibility index (Phi) is 5.34. The van der Waals surface area contributed by atoms with Gasteiger partial charge in [0.25, 0.3) is 0 Å². The van der Waals surface area contributed by atoms with Gasteiger partial charge in [-0.15, -0.1) is 0 Å². The van der Waals surface area contributed by atoms with E-state index < -0.39 is 21.9 Å². The highest BCUT2D eigenvalue weighted by Gasteiger charge is 2.18. The molecule has 0 spiro atoms. The van der Waals surface area contributed by atoms with Crippen molar-refractivity contribution < 1.29 is 18.3 Å². The molecule has 0 aromatic heterocycles. The van der Waals surface area contributed by atoms with Crippen LogP contribution in [0.5, 0.6) is 0 Å². The molecule has 0 heterocycles. The van der Waals surface area contributed by atoms with Gasteiger partial charge in [-0.3, -0.25) is 4.79 Å². The highest BCUT2D eigenvalue weighted by Crippen LogP contribution is 2.19. The van der Waals surface area contributed by atoms with Gasteiger partial charge < -0.3 is 5.11 Å². The molecule has 1 atom stereocenters. The zero-order valence-corrected chi connectivity index (χ0v) is 12.3. The molecule has 7 heteroatoms. The first-order valence-corrected chi connectivity index (χ1v) is 7.59.